The minimum absolute atomic E-state index is 0.0574. The second kappa shape index (κ2) is 14.2. The van der Waals surface area contributed by atoms with Crippen LogP contribution in [0.15, 0.2) is 36.5 Å². The number of esters is 1. The average molecular weight is 473 g/mol. The van der Waals surface area contributed by atoms with Crippen LogP contribution in [0.5, 0.6) is 0 Å². The van der Waals surface area contributed by atoms with Crippen molar-refractivity contribution in [2.24, 2.45) is 17.8 Å². The zero-order valence-corrected chi connectivity index (χ0v) is 22.0. The fourth-order valence-electron chi connectivity index (χ4n) is 5.63. The lowest BCUT2D eigenvalue weighted by atomic mass is 9.88. The molecule has 8 atom stereocenters. The first kappa shape index (κ1) is 27.2. The number of allylic oxidation sites excluding steroid dienone is 4. The molecule has 0 spiro atoms. The van der Waals surface area contributed by atoms with E-state index < -0.39 is 0 Å². The number of cyclic esters (lactones) is 1. The zero-order valence-electron chi connectivity index (χ0n) is 22.0. The van der Waals surface area contributed by atoms with Gasteiger partial charge in [-0.25, -0.2) is 0 Å². The van der Waals surface area contributed by atoms with Crippen LogP contribution in [0.1, 0.15) is 98.3 Å². The van der Waals surface area contributed by atoms with E-state index in [2.05, 4.69) is 52.0 Å². The van der Waals surface area contributed by atoms with Crippen molar-refractivity contribution < 1.29 is 19.0 Å². The summed E-state index contributed by atoms with van der Waals surface area (Å²) in [5.74, 6) is 0.944. The second-order valence-corrected chi connectivity index (χ2v) is 11.1. The van der Waals surface area contributed by atoms with Crippen molar-refractivity contribution in [2.45, 2.75) is 129 Å². The van der Waals surface area contributed by atoms with Crippen molar-refractivity contribution in [3.63, 3.8) is 0 Å². The summed E-state index contributed by atoms with van der Waals surface area (Å²) in [6, 6.07) is 0. The van der Waals surface area contributed by atoms with Crippen LogP contribution in [-0.4, -0.2) is 36.5 Å². The number of hydrogen-bond donors (Lipinski definition) is 0. The molecule has 0 aliphatic carbocycles. The molecule has 3 heterocycles. The van der Waals surface area contributed by atoms with Gasteiger partial charge in [0.2, 0.25) is 0 Å². The molecule has 3 unspecified atom stereocenters. The summed E-state index contributed by atoms with van der Waals surface area (Å²) < 4.78 is 18.9. The van der Waals surface area contributed by atoms with Crippen molar-refractivity contribution in [3.05, 3.63) is 36.5 Å². The minimum Gasteiger partial charge on any atom is -0.457 e. The molecule has 2 saturated heterocycles. The SMILES string of the molecule is CCCCC=C/C=C/C1OC(=O)CC2C[C@H](C)C[C@H](CC3CCC[C@H](C[C@@H](C)/C=C/[C@@H]1C)O3)O2. The third-order valence-electron chi connectivity index (χ3n) is 7.51. The number of carbonyl (C=O) groups is 1. The quantitative estimate of drug-likeness (QED) is 0.182. The van der Waals surface area contributed by atoms with Crippen LogP contribution in [0.25, 0.3) is 0 Å². The van der Waals surface area contributed by atoms with Gasteiger partial charge in [-0.15, -0.1) is 0 Å². The average Bonchev–Trinajstić information content (AvgIpc) is 2.78. The second-order valence-electron chi connectivity index (χ2n) is 11.1. The zero-order chi connectivity index (χ0) is 24.3. The van der Waals surface area contributed by atoms with Crippen LogP contribution in [0.4, 0.5) is 0 Å². The van der Waals surface area contributed by atoms with Gasteiger partial charge in [0.25, 0.3) is 0 Å². The predicted octanol–water partition coefficient (Wildman–Crippen LogP) is 7.33. The number of fused-ring (bicyclic) bond motifs is 4. The first-order chi connectivity index (χ1) is 16.4. The molecule has 4 nitrogen and oxygen atoms in total. The van der Waals surface area contributed by atoms with E-state index in [1.807, 2.05) is 12.2 Å². The standard InChI is InChI=1S/C30H48O4/c1-5-6-7-8-9-10-14-29-24(4)16-15-22(2)17-25-12-11-13-26(32-25)20-27-18-23(3)19-28(33-27)21-30(31)34-29/h8-10,14-16,22-29H,5-7,11-13,17-21H2,1-4H3/b9-8?,14-10+,16-15+/t22-,23+,24-,25+,26?,27+,28?,29?/m0/s1. The molecule has 34 heavy (non-hydrogen) atoms. The molecule has 0 aromatic rings. The van der Waals surface area contributed by atoms with Crippen molar-refractivity contribution in [1.29, 1.82) is 0 Å². The molecule has 192 valence electrons. The molecular formula is C30H48O4. The lowest BCUT2D eigenvalue weighted by molar-refractivity contribution is -0.157. The Kier molecular flexibility index (Phi) is 11.4. The summed E-state index contributed by atoms with van der Waals surface area (Å²) in [5.41, 5.74) is 0. The lowest BCUT2D eigenvalue weighted by Crippen LogP contribution is -2.38. The molecule has 0 aromatic heterocycles. The molecule has 3 aliphatic heterocycles. The molecule has 3 aliphatic rings. The highest BCUT2D eigenvalue weighted by atomic mass is 16.5. The largest absolute Gasteiger partial charge is 0.457 e. The van der Waals surface area contributed by atoms with Crippen LogP contribution in [-0.2, 0) is 19.0 Å². The van der Waals surface area contributed by atoms with E-state index in [-0.39, 0.29) is 36.3 Å². The summed E-state index contributed by atoms with van der Waals surface area (Å²) in [7, 11) is 0. The Balaban J connectivity index is 1.74. The van der Waals surface area contributed by atoms with Gasteiger partial charge in [0.05, 0.1) is 30.8 Å². The Bertz CT molecular complexity index is 696. The van der Waals surface area contributed by atoms with Gasteiger partial charge < -0.3 is 14.2 Å². The van der Waals surface area contributed by atoms with Crippen LogP contribution >= 0.6 is 0 Å². The van der Waals surface area contributed by atoms with Crippen LogP contribution in [0.2, 0.25) is 0 Å². The maximum absolute atomic E-state index is 12.9. The Hall–Kier alpha value is -1.39. The molecule has 2 fully saturated rings. The molecule has 0 radical (unpaired) electrons. The van der Waals surface area contributed by atoms with Gasteiger partial charge in [0, 0.05) is 5.92 Å². The highest BCUT2D eigenvalue weighted by Gasteiger charge is 2.33. The van der Waals surface area contributed by atoms with Gasteiger partial charge in [-0.1, -0.05) is 70.9 Å². The molecular weight excluding hydrogens is 424 g/mol. The van der Waals surface area contributed by atoms with Crippen LogP contribution in [0, 0.1) is 17.8 Å². The Morgan fingerprint density at radius 3 is 2.44 bits per heavy atom. The number of ether oxygens (including phenoxy) is 3. The molecule has 4 bridgehead atoms. The van der Waals surface area contributed by atoms with Crippen LogP contribution < -0.4 is 0 Å². The van der Waals surface area contributed by atoms with E-state index in [0.29, 0.717) is 24.4 Å². The monoisotopic (exact) mass is 472 g/mol. The van der Waals surface area contributed by atoms with Crippen molar-refractivity contribution in [1.82, 2.24) is 0 Å². The Morgan fingerprint density at radius 2 is 1.65 bits per heavy atom. The Morgan fingerprint density at radius 1 is 0.912 bits per heavy atom. The molecule has 4 heteroatoms. The molecule has 0 N–H and O–H groups in total. The van der Waals surface area contributed by atoms with Crippen molar-refractivity contribution in [2.75, 3.05) is 0 Å². The first-order valence-corrected chi connectivity index (χ1v) is 13.9. The summed E-state index contributed by atoms with van der Waals surface area (Å²) in [4.78, 5) is 12.9. The third-order valence-corrected chi connectivity index (χ3v) is 7.51. The van der Waals surface area contributed by atoms with Crippen molar-refractivity contribution in [3.8, 4) is 0 Å². The maximum atomic E-state index is 12.9. The fourth-order valence-corrected chi connectivity index (χ4v) is 5.63. The van der Waals surface area contributed by atoms with Crippen LogP contribution in [0.3, 0.4) is 0 Å². The maximum Gasteiger partial charge on any atom is 0.309 e. The topological polar surface area (TPSA) is 44.8 Å². The summed E-state index contributed by atoms with van der Waals surface area (Å²) in [6.07, 6.45) is 24.6. The third kappa shape index (κ3) is 9.34. The van der Waals surface area contributed by atoms with E-state index in [0.717, 1.165) is 44.9 Å². The smallest absolute Gasteiger partial charge is 0.309 e. The molecule has 3 rings (SSSR count). The van der Waals surface area contributed by atoms with E-state index in [1.165, 1.54) is 19.3 Å². The summed E-state index contributed by atoms with van der Waals surface area (Å²) in [5, 5.41) is 0. The van der Waals surface area contributed by atoms with E-state index in [1.54, 1.807) is 0 Å². The number of carbonyl (C=O) groups excluding carboxylic acids is 1. The normalized spacial score (nSPS) is 39.2. The van der Waals surface area contributed by atoms with Gasteiger partial charge in [0.15, 0.2) is 0 Å². The van der Waals surface area contributed by atoms with Gasteiger partial charge >= 0.3 is 5.97 Å². The summed E-state index contributed by atoms with van der Waals surface area (Å²) in [6.45, 7) is 8.89. The van der Waals surface area contributed by atoms with Gasteiger partial charge in [0.1, 0.15) is 6.10 Å². The van der Waals surface area contributed by atoms with E-state index in [9.17, 15) is 4.79 Å². The van der Waals surface area contributed by atoms with Gasteiger partial charge in [-0.2, -0.15) is 0 Å². The van der Waals surface area contributed by atoms with Crippen molar-refractivity contribution >= 4 is 5.97 Å². The summed E-state index contributed by atoms with van der Waals surface area (Å²) >= 11 is 0. The van der Waals surface area contributed by atoms with Gasteiger partial charge in [-0.3, -0.25) is 4.79 Å². The number of hydrogen-bond acceptors (Lipinski definition) is 4. The minimum atomic E-state index is -0.271. The Labute approximate surface area is 208 Å². The number of rotatable bonds is 5. The molecule has 0 saturated carbocycles. The van der Waals surface area contributed by atoms with E-state index in [4.69, 9.17) is 14.2 Å². The highest BCUT2D eigenvalue weighted by Crippen LogP contribution is 2.33. The lowest BCUT2D eigenvalue weighted by Gasteiger charge is -2.38. The first-order valence-electron chi connectivity index (χ1n) is 13.9. The number of unbranched alkanes of at least 4 members (excludes halogenated alkanes) is 2. The van der Waals surface area contributed by atoms with E-state index >= 15 is 0 Å². The predicted molar refractivity (Wildman–Crippen MR) is 139 cm³/mol. The van der Waals surface area contributed by atoms with Gasteiger partial charge in [-0.05, 0) is 69.3 Å². The molecule has 0 amide bonds. The molecule has 0 aromatic carbocycles. The fraction of sp³-hybridized carbons (Fsp3) is 0.767. The highest BCUT2D eigenvalue weighted by molar-refractivity contribution is 5.70.